The molecule has 0 amide bonds. The van der Waals surface area contributed by atoms with Crippen molar-refractivity contribution in [3.8, 4) is 0 Å². The topological polar surface area (TPSA) is 0 Å². The molecule has 1 heteroatoms. The molecule has 0 saturated carbocycles. The van der Waals surface area contributed by atoms with Gasteiger partial charge in [-0.3, -0.25) is 0 Å². The van der Waals surface area contributed by atoms with Crippen LogP contribution in [-0.4, -0.2) is 9.52 Å². The van der Waals surface area contributed by atoms with Crippen molar-refractivity contribution < 1.29 is 0 Å². The molecule has 0 aliphatic rings. The highest BCUT2D eigenvalue weighted by Crippen LogP contribution is 1.98. The number of allylic oxidation sites excluding steroid dienone is 1. The number of rotatable bonds is 4. The van der Waals surface area contributed by atoms with E-state index in [0.717, 1.165) is 0 Å². The molecule has 12 heavy (non-hydrogen) atoms. The van der Waals surface area contributed by atoms with Crippen LogP contribution >= 0.6 is 0 Å². The third-order valence-electron chi connectivity index (χ3n) is 1.84. The molecule has 0 aliphatic carbocycles. The summed E-state index contributed by atoms with van der Waals surface area (Å²) in [4.78, 5) is 0. The Balaban J connectivity index is 2.29. The molecule has 0 nitrogen and oxygen atoms in total. The summed E-state index contributed by atoms with van der Waals surface area (Å²) in [5.41, 5.74) is 3.89. The second-order valence-electron chi connectivity index (χ2n) is 2.90. The van der Waals surface area contributed by atoms with Gasteiger partial charge in [0.1, 0.15) is 0 Å². The predicted octanol–water partition coefficient (Wildman–Crippen LogP) is 2.28. The molecule has 64 valence electrons. The Kier molecular flexibility index (Phi) is 4.46. The van der Waals surface area contributed by atoms with Crippen molar-refractivity contribution in [3.63, 3.8) is 0 Å². The van der Waals surface area contributed by atoms with E-state index in [-0.39, 0.29) is 9.52 Å². The van der Waals surface area contributed by atoms with E-state index in [9.17, 15) is 0 Å². The molecule has 0 unspecified atom stereocenters. The van der Waals surface area contributed by atoms with E-state index in [1.54, 1.807) is 0 Å². The van der Waals surface area contributed by atoms with Gasteiger partial charge in [0.15, 0.2) is 0 Å². The molecule has 0 heterocycles. The van der Waals surface area contributed by atoms with Crippen LogP contribution in [0, 0.1) is 0 Å². The van der Waals surface area contributed by atoms with Gasteiger partial charge in [0.2, 0.25) is 0 Å². The quantitative estimate of drug-likeness (QED) is 0.617. The zero-order chi connectivity index (χ0) is 8.65. The van der Waals surface area contributed by atoms with E-state index < -0.39 is 0 Å². The van der Waals surface area contributed by atoms with Crippen molar-refractivity contribution >= 4 is 9.52 Å². The van der Waals surface area contributed by atoms with Gasteiger partial charge in [0.05, 0.1) is 0 Å². The smallest absolute Gasteiger partial charge is 0.0493 e. The van der Waals surface area contributed by atoms with Crippen molar-refractivity contribution in [2.75, 3.05) is 0 Å². The van der Waals surface area contributed by atoms with E-state index >= 15 is 0 Å². The Hall–Kier alpha value is -0.823. The zero-order valence-corrected chi connectivity index (χ0v) is 9.08. The first-order valence-electron chi connectivity index (χ1n) is 4.62. The minimum absolute atomic E-state index is 0.0215. The monoisotopic (exact) mass is 176 g/mol. The molecule has 0 bridgehead atoms. The first-order chi connectivity index (χ1) is 5.93. The van der Waals surface area contributed by atoms with Gasteiger partial charge in [0, 0.05) is 9.52 Å². The van der Waals surface area contributed by atoms with E-state index in [0.29, 0.717) is 0 Å². The summed E-state index contributed by atoms with van der Waals surface area (Å²) in [5, 5.41) is 0. The molecule has 0 fully saturated rings. The van der Waals surface area contributed by atoms with E-state index in [1.807, 2.05) is 0 Å². The average Bonchev–Trinajstić information content (AvgIpc) is 2.14. The van der Waals surface area contributed by atoms with Gasteiger partial charge in [-0.2, -0.15) is 0 Å². The fourth-order valence-electron chi connectivity index (χ4n) is 1.18. The fourth-order valence-corrected chi connectivity index (χ4v) is 2.58. The second-order valence-corrected chi connectivity index (χ2v) is 4.45. The molecule has 0 aromatic heterocycles. The number of hydrogen-bond donors (Lipinski definition) is 0. The Morgan fingerprint density at radius 3 is 2.67 bits per heavy atom. The van der Waals surface area contributed by atoms with E-state index in [1.165, 1.54) is 18.0 Å². The Bertz CT molecular complexity index is 226. The highest BCUT2D eigenvalue weighted by atomic mass is 28.2. The van der Waals surface area contributed by atoms with Crippen LogP contribution in [0.3, 0.4) is 0 Å². The van der Waals surface area contributed by atoms with Crippen LogP contribution in [0.15, 0.2) is 42.1 Å². The fraction of sp³-hybridized carbons (Fsp3) is 0.273. The Labute approximate surface area is 77.1 Å². The van der Waals surface area contributed by atoms with Gasteiger partial charge in [-0.05, 0) is 12.5 Å². The lowest BCUT2D eigenvalue weighted by Crippen LogP contribution is -1.92. The first-order valence-corrected chi connectivity index (χ1v) is 6.44. The molecular weight excluding hydrogens is 160 g/mol. The third kappa shape index (κ3) is 3.53. The van der Waals surface area contributed by atoms with Crippen molar-refractivity contribution in [3.05, 3.63) is 47.7 Å². The molecule has 0 radical (unpaired) electrons. The molecule has 1 aromatic carbocycles. The minimum atomic E-state index is 0.0215. The lowest BCUT2D eigenvalue weighted by molar-refractivity contribution is 1.23. The largest absolute Gasteiger partial charge is 0.105 e. The minimum Gasteiger partial charge on any atom is -0.105 e. The SMILES string of the molecule is CCC=C[SiH2]Cc1ccccc1. The standard InChI is InChI=1S/C11H16Si/c1-2-3-9-12-10-11-7-5-4-6-8-11/h3-9H,2,10,12H2,1H3. The normalized spacial score (nSPS) is 11.8. The van der Waals surface area contributed by atoms with Gasteiger partial charge in [-0.15, -0.1) is 5.70 Å². The van der Waals surface area contributed by atoms with E-state index in [2.05, 4.69) is 49.0 Å². The van der Waals surface area contributed by atoms with Gasteiger partial charge in [-0.1, -0.05) is 48.9 Å². The van der Waals surface area contributed by atoms with Crippen molar-refractivity contribution in [1.29, 1.82) is 0 Å². The predicted molar refractivity (Wildman–Crippen MR) is 58.1 cm³/mol. The molecule has 0 N–H and O–H groups in total. The van der Waals surface area contributed by atoms with Crippen LogP contribution in [0.25, 0.3) is 0 Å². The molecule has 1 aromatic rings. The third-order valence-corrected chi connectivity index (χ3v) is 3.38. The average molecular weight is 176 g/mol. The molecule has 0 spiro atoms. The molecule has 1 rings (SSSR count). The first kappa shape index (κ1) is 9.27. The van der Waals surface area contributed by atoms with Gasteiger partial charge in [0.25, 0.3) is 0 Å². The lowest BCUT2D eigenvalue weighted by atomic mass is 10.2. The van der Waals surface area contributed by atoms with Crippen LogP contribution in [0.2, 0.25) is 0 Å². The zero-order valence-electron chi connectivity index (χ0n) is 7.66. The summed E-state index contributed by atoms with van der Waals surface area (Å²) in [5.74, 6) is 0. The van der Waals surface area contributed by atoms with Crippen LogP contribution in [0.5, 0.6) is 0 Å². The van der Waals surface area contributed by atoms with Crippen LogP contribution in [-0.2, 0) is 6.04 Å². The number of hydrogen-bond acceptors (Lipinski definition) is 0. The van der Waals surface area contributed by atoms with Crippen LogP contribution in [0.1, 0.15) is 18.9 Å². The summed E-state index contributed by atoms with van der Waals surface area (Å²) in [6.45, 7) is 2.19. The molecular formula is C11H16Si. The van der Waals surface area contributed by atoms with Crippen molar-refractivity contribution in [2.45, 2.75) is 19.4 Å². The second kappa shape index (κ2) is 5.78. The molecule has 0 atom stereocenters. The summed E-state index contributed by atoms with van der Waals surface area (Å²) >= 11 is 0. The van der Waals surface area contributed by atoms with Gasteiger partial charge < -0.3 is 0 Å². The Morgan fingerprint density at radius 2 is 2.00 bits per heavy atom. The van der Waals surface area contributed by atoms with Crippen LogP contribution in [0.4, 0.5) is 0 Å². The van der Waals surface area contributed by atoms with Gasteiger partial charge >= 0.3 is 0 Å². The van der Waals surface area contributed by atoms with E-state index in [4.69, 9.17) is 0 Å². The maximum absolute atomic E-state index is 2.40. The Morgan fingerprint density at radius 1 is 1.25 bits per heavy atom. The molecule has 0 saturated heterocycles. The highest BCUT2D eigenvalue weighted by molar-refractivity contribution is 6.41. The van der Waals surface area contributed by atoms with Gasteiger partial charge in [-0.25, -0.2) is 0 Å². The summed E-state index contributed by atoms with van der Waals surface area (Å²) < 4.78 is 0. The molecule has 0 aliphatic heterocycles. The summed E-state index contributed by atoms with van der Waals surface area (Å²) in [7, 11) is 0.0215. The number of benzene rings is 1. The highest BCUT2D eigenvalue weighted by Gasteiger charge is 1.87. The summed E-state index contributed by atoms with van der Waals surface area (Å²) in [6.07, 6.45) is 3.47. The maximum atomic E-state index is 2.40. The van der Waals surface area contributed by atoms with Crippen molar-refractivity contribution in [1.82, 2.24) is 0 Å². The van der Waals surface area contributed by atoms with Crippen molar-refractivity contribution in [2.24, 2.45) is 0 Å². The lowest BCUT2D eigenvalue weighted by Gasteiger charge is -1.94. The summed E-state index contributed by atoms with van der Waals surface area (Å²) in [6, 6.07) is 12.0. The van der Waals surface area contributed by atoms with Crippen LogP contribution < -0.4 is 0 Å². The maximum Gasteiger partial charge on any atom is 0.0493 e.